The molecule has 0 saturated heterocycles. The molecule has 0 unspecified atom stereocenters. The third-order valence-corrected chi connectivity index (χ3v) is 3.01. The molecule has 0 N–H and O–H groups in total. The molecule has 1 nitrogen and oxygen atoms in total. The molecule has 0 bridgehead atoms. The summed E-state index contributed by atoms with van der Waals surface area (Å²) in [6.07, 6.45) is 12.6. The first-order valence-corrected chi connectivity index (χ1v) is 6.70. The van der Waals surface area contributed by atoms with E-state index in [4.69, 9.17) is 0 Å². The third-order valence-electron chi connectivity index (χ3n) is 2.31. The van der Waals surface area contributed by atoms with Crippen molar-refractivity contribution < 1.29 is 0 Å². The summed E-state index contributed by atoms with van der Waals surface area (Å²) in [6.45, 7) is 0. The summed E-state index contributed by atoms with van der Waals surface area (Å²) in [4.78, 5) is 4.01. The normalized spacial score (nSPS) is 10.4. The zero-order chi connectivity index (χ0) is 10.1. The number of aryl methyl sites for hydroxylation is 1. The number of hydrogen-bond acceptors (Lipinski definition) is 2. The fourth-order valence-corrected chi connectivity index (χ4v) is 1.97. The van der Waals surface area contributed by atoms with Crippen LogP contribution in [0.5, 0.6) is 0 Å². The Hall–Kier alpha value is -0.500. The van der Waals surface area contributed by atoms with Crippen LogP contribution in [0.2, 0.25) is 0 Å². The molecule has 14 heavy (non-hydrogen) atoms. The van der Waals surface area contributed by atoms with Crippen molar-refractivity contribution in [2.75, 3.05) is 12.0 Å². The molecule has 2 heteroatoms. The van der Waals surface area contributed by atoms with Gasteiger partial charge in [0.15, 0.2) is 0 Å². The summed E-state index contributed by atoms with van der Waals surface area (Å²) >= 11 is 1.95. The standard InChI is InChI=1S/C12H19NS/c1-14-11-5-3-2-4-6-12-7-9-13-10-8-12/h7-10H,2-6,11H2,1H3. The molecule has 0 fully saturated rings. The van der Waals surface area contributed by atoms with Gasteiger partial charge in [-0.05, 0) is 49.0 Å². The average Bonchev–Trinajstić information content (AvgIpc) is 2.25. The lowest BCUT2D eigenvalue weighted by atomic mass is 10.1. The SMILES string of the molecule is CSCCCCCCc1ccncc1. The number of thioether (sulfide) groups is 1. The van der Waals surface area contributed by atoms with Crippen LogP contribution >= 0.6 is 11.8 Å². The summed E-state index contributed by atoms with van der Waals surface area (Å²) < 4.78 is 0. The van der Waals surface area contributed by atoms with E-state index in [0.717, 1.165) is 0 Å². The quantitative estimate of drug-likeness (QED) is 0.637. The Kier molecular flexibility index (Phi) is 6.50. The van der Waals surface area contributed by atoms with Gasteiger partial charge in [0.2, 0.25) is 0 Å². The summed E-state index contributed by atoms with van der Waals surface area (Å²) in [5.74, 6) is 1.31. The van der Waals surface area contributed by atoms with Crippen LogP contribution in [-0.4, -0.2) is 17.0 Å². The lowest BCUT2D eigenvalue weighted by Gasteiger charge is -2.00. The summed E-state index contributed by atoms with van der Waals surface area (Å²) in [6, 6.07) is 4.23. The van der Waals surface area contributed by atoms with E-state index >= 15 is 0 Å². The molecule has 1 rings (SSSR count). The Morgan fingerprint density at radius 2 is 1.79 bits per heavy atom. The maximum atomic E-state index is 4.01. The first-order valence-electron chi connectivity index (χ1n) is 5.31. The number of aromatic nitrogens is 1. The second kappa shape index (κ2) is 7.86. The van der Waals surface area contributed by atoms with Gasteiger partial charge in [0, 0.05) is 12.4 Å². The van der Waals surface area contributed by atoms with Crippen molar-refractivity contribution >= 4 is 11.8 Å². The highest BCUT2D eigenvalue weighted by molar-refractivity contribution is 7.98. The van der Waals surface area contributed by atoms with Crippen LogP contribution in [-0.2, 0) is 6.42 Å². The Labute approximate surface area is 91.3 Å². The summed E-state index contributed by atoms with van der Waals surface area (Å²) in [5.41, 5.74) is 1.42. The zero-order valence-electron chi connectivity index (χ0n) is 8.91. The first kappa shape index (κ1) is 11.6. The highest BCUT2D eigenvalue weighted by atomic mass is 32.2. The van der Waals surface area contributed by atoms with Gasteiger partial charge in [0.25, 0.3) is 0 Å². The number of hydrogen-bond donors (Lipinski definition) is 0. The second-order valence-electron chi connectivity index (χ2n) is 3.51. The van der Waals surface area contributed by atoms with Gasteiger partial charge in [-0.25, -0.2) is 0 Å². The predicted octanol–water partition coefficient (Wildman–Crippen LogP) is 3.55. The Bertz CT molecular complexity index is 223. The van der Waals surface area contributed by atoms with Crippen molar-refractivity contribution in [1.82, 2.24) is 4.98 Å². The van der Waals surface area contributed by atoms with Gasteiger partial charge in [0.05, 0.1) is 0 Å². The van der Waals surface area contributed by atoms with Crippen molar-refractivity contribution in [3.05, 3.63) is 30.1 Å². The number of unbranched alkanes of at least 4 members (excludes halogenated alkanes) is 3. The third kappa shape index (κ3) is 5.28. The molecule has 0 aromatic carbocycles. The molecule has 1 aromatic heterocycles. The predicted molar refractivity (Wildman–Crippen MR) is 64.8 cm³/mol. The monoisotopic (exact) mass is 209 g/mol. The van der Waals surface area contributed by atoms with Gasteiger partial charge >= 0.3 is 0 Å². The van der Waals surface area contributed by atoms with Crippen LogP contribution < -0.4 is 0 Å². The molecule has 0 aliphatic carbocycles. The molecule has 0 spiro atoms. The Balaban J connectivity index is 1.99. The molecule has 0 amide bonds. The molecule has 0 radical (unpaired) electrons. The van der Waals surface area contributed by atoms with Crippen LogP contribution in [0.4, 0.5) is 0 Å². The highest BCUT2D eigenvalue weighted by Crippen LogP contribution is 2.08. The van der Waals surface area contributed by atoms with Crippen LogP contribution in [0.15, 0.2) is 24.5 Å². The van der Waals surface area contributed by atoms with Gasteiger partial charge < -0.3 is 0 Å². The molecule has 1 aromatic rings. The molecule has 1 heterocycles. The van der Waals surface area contributed by atoms with Crippen LogP contribution in [0, 0.1) is 0 Å². The van der Waals surface area contributed by atoms with E-state index in [0.29, 0.717) is 0 Å². The minimum absolute atomic E-state index is 1.21. The largest absolute Gasteiger partial charge is 0.265 e. The van der Waals surface area contributed by atoms with Gasteiger partial charge in [0.1, 0.15) is 0 Å². The van der Waals surface area contributed by atoms with Crippen molar-refractivity contribution in [2.45, 2.75) is 32.1 Å². The number of nitrogens with zero attached hydrogens (tertiary/aromatic N) is 1. The Morgan fingerprint density at radius 1 is 1.07 bits per heavy atom. The maximum absolute atomic E-state index is 4.01. The smallest absolute Gasteiger partial charge is 0.0270 e. The van der Waals surface area contributed by atoms with Crippen LogP contribution in [0.25, 0.3) is 0 Å². The summed E-state index contributed by atoms with van der Waals surface area (Å²) in [5, 5.41) is 0. The number of pyridine rings is 1. The fraction of sp³-hybridized carbons (Fsp3) is 0.583. The molecule has 0 aliphatic rings. The molecule has 0 saturated carbocycles. The summed E-state index contributed by atoms with van der Waals surface area (Å²) in [7, 11) is 0. The van der Waals surface area contributed by atoms with Gasteiger partial charge in [-0.3, -0.25) is 4.98 Å². The lowest BCUT2D eigenvalue weighted by Crippen LogP contribution is -1.87. The van der Waals surface area contributed by atoms with E-state index in [9.17, 15) is 0 Å². The molecular weight excluding hydrogens is 190 g/mol. The molecule has 0 aliphatic heterocycles. The van der Waals surface area contributed by atoms with Gasteiger partial charge in [-0.15, -0.1) is 0 Å². The average molecular weight is 209 g/mol. The molecular formula is C12H19NS. The van der Waals surface area contributed by atoms with E-state index < -0.39 is 0 Å². The van der Waals surface area contributed by atoms with E-state index in [-0.39, 0.29) is 0 Å². The van der Waals surface area contributed by atoms with Crippen molar-refractivity contribution in [3.8, 4) is 0 Å². The van der Waals surface area contributed by atoms with E-state index in [2.05, 4.69) is 23.4 Å². The van der Waals surface area contributed by atoms with E-state index in [1.54, 1.807) is 0 Å². The minimum atomic E-state index is 1.21. The zero-order valence-corrected chi connectivity index (χ0v) is 9.72. The van der Waals surface area contributed by atoms with Gasteiger partial charge in [-0.1, -0.05) is 12.8 Å². The molecule has 0 atom stereocenters. The van der Waals surface area contributed by atoms with Crippen LogP contribution in [0.3, 0.4) is 0 Å². The highest BCUT2D eigenvalue weighted by Gasteiger charge is 1.92. The van der Waals surface area contributed by atoms with Gasteiger partial charge in [-0.2, -0.15) is 11.8 Å². The number of rotatable bonds is 7. The van der Waals surface area contributed by atoms with Crippen molar-refractivity contribution in [1.29, 1.82) is 0 Å². The van der Waals surface area contributed by atoms with E-state index in [1.807, 2.05) is 24.2 Å². The Morgan fingerprint density at radius 3 is 2.50 bits per heavy atom. The fourth-order valence-electron chi connectivity index (χ4n) is 1.48. The lowest BCUT2D eigenvalue weighted by molar-refractivity contribution is 0.670. The topological polar surface area (TPSA) is 12.9 Å². The van der Waals surface area contributed by atoms with Crippen molar-refractivity contribution in [2.24, 2.45) is 0 Å². The second-order valence-corrected chi connectivity index (χ2v) is 4.50. The van der Waals surface area contributed by atoms with Crippen LogP contribution in [0.1, 0.15) is 31.2 Å². The molecule has 78 valence electrons. The minimum Gasteiger partial charge on any atom is -0.265 e. The van der Waals surface area contributed by atoms with E-state index in [1.165, 1.54) is 43.4 Å². The maximum Gasteiger partial charge on any atom is 0.0270 e. The van der Waals surface area contributed by atoms with Crippen molar-refractivity contribution in [3.63, 3.8) is 0 Å². The first-order chi connectivity index (χ1) is 6.93.